The molecule has 2 rings (SSSR count). The van der Waals surface area contributed by atoms with Crippen LogP contribution in [-0.2, 0) is 11.3 Å². The molecular formula is C17H21ClFNO2S. The second kappa shape index (κ2) is 9.01. The Bertz CT molecular complexity index is 645. The van der Waals surface area contributed by atoms with Gasteiger partial charge in [0.15, 0.2) is 0 Å². The maximum absolute atomic E-state index is 13.3. The monoisotopic (exact) mass is 357 g/mol. The van der Waals surface area contributed by atoms with Crippen molar-refractivity contribution in [3.8, 4) is 10.4 Å². The first-order valence-corrected chi connectivity index (χ1v) is 8.08. The van der Waals surface area contributed by atoms with E-state index in [0.717, 1.165) is 15.3 Å². The molecule has 0 fully saturated rings. The summed E-state index contributed by atoms with van der Waals surface area (Å²) in [5.41, 5.74) is 0.873. The maximum atomic E-state index is 13.3. The third kappa shape index (κ3) is 5.94. The Hall–Kier alpha value is -1.43. The van der Waals surface area contributed by atoms with Crippen molar-refractivity contribution in [2.24, 2.45) is 0 Å². The number of carboxylic acids is 1. The fourth-order valence-corrected chi connectivity index (χ4v) is 3.25. The van der Waals surface area contributed by atoms with E-state index in [1.807, 2.05) is 18.2 Å². The van der Waals surface area contributed by atoms with Gasteiger partial charge in [-0.25, -0.2) is 4.39 Å². The second-order valence-corrected chi connectivity index (χ2v) is 6.65. The first kappa shape index (κ1) is 19.6. The van der Waals surface area contributed by atoms with E-state index in [2.05, 4.69) is 18.7 Å². The highest BCUT2D eigenvalue weighted by Crippen LogP contribution is 2.29. The summed E-state index contributed by atoms with van der Waals surface area (Å²) in [5.74, 6) is -1.02. The molecule has 6 heteroatoms. The number of aliphatic carboxylic acids is 1. The first-order chi connectivity index (χ1) is 10.5. The highest BCUT2D eigenvalue weighted by molar-refractivity contribution is 7.15. The molecule has 0 saturated carbocycles. The molecule has 3 nitrogen and oxygen atoms in total. The van der Waals surface area contributed by atoms with Crippen molar-refractivity contribution >= 4 is 29.7 Å². The van der Waals surface area contributed by atoms with Crippen molar-refractivity contribution in [1.82, 2.24) is 4.90 Å². The van der Waals surface area contributed by atoms with Gasteiger partial charge in [-0.05, 0) is 43.7 Å². The molecule has 23 heavy (non-hydrogen) atoms. The predicted molar refractivity (Wildman–Crippen MR) is 94.8 cm³/mol. The van der Waals surface area contributed by atoms with E-state index in [-0.39, 0.29) is 30.7 Å². The normalized spacial score (nSPS) is 10.8. The van der Waals surface area contributed by atoms with Crippen LogP contribution in [0.4, 0.5) is 4.39 Å². The van der Waals surface area contributed by atoms with Gasteiger partial charge in [-0.2, -0.15) is 0 Å². The van der Waals surface area contributed by atoms with Gasteiger partial charge in [-0.1, -0.05) is 12.1 Å². The molecular weight excluding hydrogens is 337 g/mol. The standard InChI is InChI=1S/C17H20FNO2S.ClH/c1-12(2)19(9-8-17(20)21)11-15-6-7-16(22-15)13-4-3-5-14(18)10-13;/h3-7,10,12H,8-9,11H2,1-2H3,(H,20,21);1H. The van der Waals surface area contributed by atoms with E-state index in [4.69, 9.17) is 5.11 Å². The smallest absolute Gasteiger partial charge is 0.304 e. The van der Waals surface area contributed by atoms with Gasteiger partial charge in [0.2, 0.25) is 0 Å². The lowest BCUT2D eigenvalue weighted by molar-refractivity contribution is -0.137. The minimum Gasteiger partial charge on any atom is -0.481 e. The van der Waals surface area contributed by atoms with Crippen LogP contribution in [0.2, 0.25) is 0 Å². The minimum atomic E-state index is -0.780. The molecule has 2 aromatic rings. The molecule has 0 aliphatic rings. The molecule has 0 saturated heterocycles. The Morgan fingerprint density at radius 2 is 2.04 bits per heavy atom. The van der Waals surface area contributed by atoms with Crippen molar-refractivity contribution in [1.29, 1.82) is 0 Å². The van der Waals surface area contributed by atoms with Crippen LogP contribution in [0.25, 0.3) is 10.4 Å². The zero-order chi connectivity index (χ0) is 16.1. The molecule has 1 heterocycles. The Kier molecular flexibility index (Phi) is 7.68. The number of benzene rings is 1. The SMILES string of the molecule is CC(C)N(CCC(=O)O)Cc1ccc(-c2cccc(F)c2)s1.Cl. The third-order valence-electron chi connectivity index (χ3n) is 3.47. The van der Waals surface area contributed by atoms with Crippen LogP contribution in [0, 0.1) is 5.82 Å². The second-order valence-electron chi connectivity index (χ2n) is 5.48. The van der Waals surface area contributed by atoms with E-state index in [9.17, 15) is 9.18 Å². The molecule has 0 atom stereocenters. The van der Waals surface area contributed by atoms with Gasteiger partial charge >= 0.3 is 5.97 Å². The third-order valence-corrected chi connectivity index (χ3v) is 4.59. The summed E-state index contributed by atoms with van der Waals surface area (Å²) in [6.45, 7) is 5.36. The largest absolute Gasteiger partial charge is 0.481 e. The topological polar surface area (TPSA) is 40.5 Å². The fourth-order valence-electron chi connectivity index (χ4n) is 2.22. The summed E-state index contributed by atoms with van der Waals surface area (Å²) in [7, 11) is 0. The van der Waals surface area contributed by atoms with E-state index >= 15 is 0 Å². The van der Waals surface area contributed by atoms with E-state index in [0.29, 0.717) is 13.1 Å². The maximum Gasteiger partial charge on any atom is 0.304 e. The highest BCUT2D eigenvalue weighted by atomic mass is 35.5. The number of hydrogen-bond acceptors (Lipinski definition) is 3. The van der Waals surface area contributed by atoms with Crippen LogP contribution >= 0.6 is 23.7 Å². The van der Waals surface area contributed by atoms with Crippen LogP contribution in [0.3, 0.4) is 0 Å². The molecule has 0 spiro atoms. The zero-order valence-electron chi connectivity index (χ0n) is 13.2. The van der Waals surface area contributed by atoms with Crippen LogP contribution < -0.4 is 0 Å². The lowest BCUT2D eigenvalue weighted by Crippen LogP contribution is -2.32. The number of halogens is 2. The Morgan fingerprint density at radius 3 is 2.65 bits per heavy atom. The number of thiophene rings is 1. The van der Waals surface area contributed by atoms with Gasteiger partial charge in [0.25, 0.3) is 0 Å². The van der Waals surface area contributed by atoms with Crippen molar-refractivity contribution in [2.75, 3.05) is 6.54 Å². The number of carboxylic acid groups (broad SMARTS) is 1. The molecule has 126 valence electrons. The lowest BCUT2D eigenvalue weighted by atomic mass is 10.2. The number of rotatable bonds is 7. The predicted octanol–water partition coefficient (Wildman–Crippen LogP) is 4.66. The Morgan fingerprint density at radius 1 is 1.30 bits per heavy atom. The molecule has 0 aliphatic carbocycles. The van der Waals surface area contributed by atoms with Crippen molar-refractivity contribution in [3.05, 3.63) is 47.1 Å². The van der Waals surface area contributed by atoms with Crippen molar-refractivity contribution < 1.29 is 14.3 Å². The van der Waals surface area contributed by atoms with Crippen LogP contribution in [-0.4, -0.2) is 28.6 Å². The number of nitrogens with zero attached hydrogens (tertiary/aromatic N) is 1. The van der Waals surface area contributed by atoms with Gasteiger partial charge in [-0.3, -0.25) is 9.69 Å². The lowest BCUT2D eigenvalue weighted by Gasteiger charge is -2.25. The molecule has 0 aliphatic heterocycles. The quantitative estimate of drug-likeness (QED) is 0.783. The van der Waals surface area contributed by atoms with E-state index in [1.165, 1.54) is 12.1 Å². The average Bonchev–Trinajstić information content (AvgIpc) is 2.91. The summed E-state index contributed by atoms with van der Waals surface area (Å²) in [6.07, 6.45) is 0.139. The van der Waals surface area contributed by atoms with Crippen LogP contribution in [0.5, 0.6) is 0 Å². The van der Waals surface area contributed by atoms with Crippen LogP contribution in [0.15, 0.2) is 36.4 Å². The number of hydrogen-bond donors (Lipinski definition) is 1. The van der Waals surface area contributed by atoms with Gasteiger partial charge < -0.3 is 5.11 Å². The van der Waals surface area contributed by atoms with Crippen molar-refractivity contribution in [3.63, 3.8) is 0 Å². The van der Waals surface area contributed by atoms with Crippen molar-refractivity contribution in [2.45, 2.75) is 32.9 Å². The van der Waals surface area contributed by atoms with Gasteiger partial charge in [0.05, 0.1) is 6.42 Å². The number of carbonyl (C=O) groups is 1. The van der Waals surface area contributed by atoms with E-state index < -0.39 is 5.97 Å². The van der Waals surface area contributed by atoms with Gasteiger partial charge in [0, 0.05) is 28.9 Å². The zero-order valence-corrected chi connectivity index (χ0v) is 14.8. The average molecular weight is 358 g/mol. The van der Waals surface area contributed by atoms with Crippen LogP contribution in [0.1, 0.15) is 25.1 Å². The molecule has 1 N–H and O–H groups in total. The molecule has 0 unspecified atom stereocenters. The molecule has 0 amide bonds. The molecule has 1 aromatic carbocycles. The Balaban J connectivity index is 0.00000264. The molecule has 0 bridgehead atoms. The summed E-state index contributed by atoms with van der Waals surface area (Å²) in [5, 5.41) is 8.83. The Labute approximate surface area is 146 Å². The minimum absolute atomic E-state index is 0. The first-order valence-electron chi connectivity index (χ1n) is 7.26. The summed E-state index contributed by atoms with van der Waals surface area (Å²) in [4.78, 5) is 15.1. The van der Waals surface area contributed by atoms with Gasteiger partial charge in [-0.15, -0.1) is 23.7 Å². The summed E-state index contributed by atoms with van der Waals surface area (Å²) >= 11 is 1.62. The summed E-state index contributed by atoms with van der Waals surface area (Å²) in [6, 6.07) is 10.9. The summed E-state index contributed by atoms with van der Waals surface area (Å²) < 4.78 is 13.3. The van der Waals surface area contributed by atoms with Gasteiger partial charge in [0.1, 0.15) is 5.82 Å². The molecule has 0 radical (unpaired) electrons. The fraction of sp³-hybridized carbons (Fsp3) is 0.353. The molecule has 1 aromatic heterocycles. The highest BCUT2D eigenvalue weighted by Gasteiger charge is 2.13. The van der Waals surface area contributed by atoms with E-state index in [1.54, 1.807) is 17.4 Å².